The Balaban J connectivity index is 2.03. The molecule has 1 saturated carbocycles. The molecule has 23 heavy (non-hydrogen) atoms. The lowest BCUT2D eigenvalue weighted by atomic mass is 9.84. The van der Waals surface area contributed by atoms with E-state index < -0.39 is 11.7 Å². The molecule has 0 aliphatic heterocycles. The Morgan fingerprint density at radius 3 is 2.22 bits per heavy atom. The van der Waals surface area contributed by atoms with Crippen LogP contribution >= 0.6 is 0 Å². The lowest BCUT2D eigenvalue weighted by Gasteiger charge is -2.31. The van der Waals surface area contributed by atoms with Crippen LogP contribution in [0.3, 0.4) is 0 Å². The Labute approximate surface area is 136 Å². The number of alkyl halides is 3. The first-order chi connectivity index (χ1) is 10.9. The molecule has 1 unspecified atom stereocenters. The number of halogens is 3. The first-order valence-corrected chi connectivity index (χ1v) is 8.35. The molecule has 130 valence electrons. The molecule has 1 aliphatic carbocycles. The summed E-state index contributed by atoms with van der Waals surface area (Å²) in [6.07, 6.45) is 2.70. The van der Waals surface area contributed by atoms with Crippen LogP contribution in [-0.2, 0) is 6.18 Å². The third-order valence-electron chi connectivity index (χ3n) is 4.51. The Kier molecular flexibility index (Phi) is 6.33. The quantitative estimate of drug-likeness (QED) is 0.729. The third-order valence-corrected chi connectivity index (χ3v) is 4.51. The molecule has 1 aromatic rings. The van der Waals surface area contributed by atoms with Crippen molar-refractivity contribution in [3.8, 4) is 5.75 Å². The lowest BCUT2D eigenvalue weighted by Crippen LogP contribution is -2.32. The third kappa shape index (κ3) is 5.72. The minimum atomic E-state index is -4.30. The monoisotopic (exact) mass is 329 g/mol. The second-order valence-corrected chi connectivity index (χ2v) is 6.67. The molecule has 0 aromatic heterocycles. The van der Waals surface area contributed by atoms with Gasteiger partial charge in [-0.2, -0.15) is 13.2 Å². The summed E-state index contributed by atoms with van der Waals surface area (Å²) in [5.74, 6) is 1.04. The zero-order valence-corrected chi connectivity index (χ0v) is 13.9. The molecular formula is C18H26F3NO. The number of hydrogen-bond acceptors (Lipinski definition) is 2. The van der Waals surface area contributed by atoms with Gasteiger partial charge in [0.1, 0.15) is 11.9 Å². The Bertz CT molecular complexity index is 464. The molecule has 0 saturated heterocycles. The highest BCUT2D eigenvalue weighted by atomic mass is 19.4. The summed E-state index contributed by atoms with van der Waals surface area (Å²) in [5.41, 5.74) is -0.632. The summed E-state index contributed by atoms with van der Waals surface area (Å²) in [6, 6.07) is 5.07. The summed E-state index contributed by atoms with van der Waals surface area (Å²) in [5, 5.41) is 0. The van der Waals surface area contributed by atoms with E-state index in [9.17, 15) is 13.2 Å². The predicted octanol–water partition coefficient (Wildman–Crippen LogP) is 4.98. The molecule has 1 atom stereocenters. The van der Waals surface area contributed by atoms with Crippen molar-refractivity contribution in [1.82, 2.24) is 4.90 Å². The molecule has 0 amide bonds. The highest BCUT2D eigenvalue weighted by Crippen LogP contribution is 2.33. The molecule has 5 heteroatoms. The Hall–Kier alpha value is -1.23. The van der Waals surface area contributed by atoms with Gasteiger partial charge in [-0.15, -0.1) is 0 Å². The molecular weight excluding hydrogens is 303 g/mol. The van der Waals surface area contributed by atoms with Crippen LogP contribution in [0.15, 0.2) is 24.3 Å². The van der Waals surface area contributed by atoms with Crippen LogP contribution in [0.25, 0.3) is 0 Å². The second-order valence-electron chi connectivity index (χ2n) is 6.67. The van der Waals surface area contributed by atoms with Crippen molar-refractivity contribution in [1.29, 1.82) is 0 Å². The van der Waals surface area contributed by atoms with Crippen LogP contribution in [0.5, 0.6) is 5.75 Å². The van der Waals surface area contributed by atoms with E-state index in [1.807, 2.05) is 14.1 Å². The largest absolute Gasteiger partial charge is 0.490 e. The molecule has 0 radical (unpaired) electrons. The first kappa shape index (κ1) is 18.1. The molecule has 0 heterocycles. The van der Waals surface area contributed by atoms with E-state index in [2.05, 4.69) is 4.90 Å². The van der Waals surface area contributed by atoms with Gasteiger partial charge in [-0.1, -0.05) is 19.3 Å². The van der Waals surface area contributed by atoms with E-state index in [0.717, 1.165) is 37.9 Å². The number of ether oxygens (including phenoxy) is 1. The van der Waals surface area contributed by atoms with Crippen molar-refractivity contribution < 1.29 is 17.9 Å². The number of benzene rings is 1. The fourth-order valence-electron chi connectivity index (χ4n) is 3.18. The molecule has 0 spiro atoms. The van der Waals surface area contributed by atoms with Crippen LogP contribution in [0.2, 0.25) is 0 Å². The van der Waals surface area contributed by atoms with Crippen molar-refractivity contribution in [2.75, 3.05) is 20.6 Å². The van der Waals surface area contributed by atoms with Crippen molar-refractivity contribution in [3.63, 3.8) is 0 Å². The van der Waals surface area contributed by atoms with Gasteiger partial charge in [-0.3, -0.25) is 0 Å². The Morgan fingerprint density at radius 2 is 1.70 bits per heavy atom. The van der Waals surface area contributed by atoms with Crippen LogP contribution < -0.4 is 4.74 Å². The summed E-state index contributed by atoms with van der Waals surface area (Å²) in [7, 11) is 4.05. The van der Waals surface area contributed by atoms with E-state index in [1.54, 1.807) is 0 Å². The topological polar surface area (TPSA) is 12.5 Å². The van der Waals surface area contributed by atoms with Crippen molar-refractivity contribution in [3.05, 3.63) is 29.8 Å². The van der Waals surface area contributed by atoms with E-state index in [4.69, 9.17) is 4.74 Å². The minimum Gasteiger partial charge on any atom is -0.490 e. The standard InChI is InChI=1S/C18H26F3NO/c1-22(2)13-12-17(14-6-4-3-5-7-14)23-16-10-8-15(9-11-16)18(19,20)21/h8-11,14,17H,3-7,12-13H2,1-2H3. The fraction of sp³-hybridized carbons (Fsp3) is 0.667. The zero-order chi connectivity index (χ0) is 16.9. The van der Waals surface area contributed by atoms with Crippen molar-refractivity contribution in [2.24, 2.45) is 5.92 Å². The number of rotatable bonds is 6. The summed E-state index contributed by atoms with van der Waals surface area (Å²) in [6.45, 7) is 0.918. The summed E-state index contributed by atoms with van der Waals surface area (Å²) < 4.78 is 44.0. The van der Waals surface area contributed by atoms with Gasteiger partial charge in [0, 0.05) is 6.54 Å². The summed E-state index contributed by atoms with van der Waals surface area (Å²) >= 11 is 0. The highest BCUT2D eigenvalue weighted by molar-refractivity contribution is 5.29. The van der Waals surface area contributed by atoms with Crippen LogP contribution in [-0.4, -0.2) is 31.6 Å². The molecule has 0 bridgehead atoms. The average molecular weight is 329 g/mol. The zero-order valence-electron chi connectivity index (χ0n) is 13.9. The van der Waals surface area contributed by atoms with E-state index in [0.29, 0.717) is 11.7 Å². The molecule has 2 nitrogen and oxygen atoms in total. The number of nitrogens with zero attached hydrogens (tertiary/aromatic N) is 1. The molecule has 1 aliphatic rings. The van der Waals surface area contributed by atoms with E-state index in [1.165, 1.54) is 31.4 Å². The maximum Gasteiger partial charge on any atom is 0.416 e. The molecule has 0 N–H and O–H groups in total. The predicted molar refractivity (Wildman–Crippen MR) is 85.6 cm³/mol. The van der Waals surface area contributed by atoms with Crippen molar-refractivity contribution >= 4 is 0 Å². The van der Waals surface area contributed by atoms with Crippen LogP contribution in [0.1, 0.15) is 44.1 Å². The lowest BCUT2D eigenvalue weighted by molar-refractivity contribution is -0.137. The molecule has 1 aromatic carbocycles. The smallest absolute Gasteiger partial charge is 0.416 e. The fourth-order valence-corrected chi connectivity index (χ4v) is 3.18. The minimum absolute atomic E-state index is 0.0782. The van der Waals surface area contributed by atoms with Gasteiger partial charge in [-0.25, -0.2) is 0 Å². The molecule has 2 rings (SSSR count). The Morgan fingerprint density at radius 1 is 1.09 bits per heavy atom. The van der Waals surface area contributed by atoms with Gasteiger partial charge >= 0.3 is 6.18 Å². The SMILES string of the molecule is CN(C)CCC(Oc1ccc(C(F)(F)F)cc1)C1CCCCC1. The van der Waals surface area contributed by atoms with Gasteiger partial charge in [0.2, 0.25) is 0 Å². The maximum atomic E-state index is 12.6. The normalized spacial score (nSPS) is 18.2. The van der Waals surface area contributed by atoms with E-state index in [-0.39, 0.29) is 6.10 Å². The summed E-state index contributed by atoms with van der Waals surface area (Å²) in [4.78, 5) is 2.12. The van der Waals surface area contributed by atoms with E-state index >= 15 is 0 Å². The molecule has 1 fully saturated rings. The van der Waals surface area contributed by atoms with Crippen LogP contribution in [0.4, 0.5) is 13.2 Å². The van der Waals surface area contributed by atoms with Crippen LogP contribution in [0, 0.1) is 5.92 Å². The van der Waals surface area contributed by atoms with Crippen molar-refractivity contribution in [2.45, 2.75) is 50.8 Å². The second kappa shape index (κ2) is 8.04. The van der Waals surface area contributed by atoms with Gasteiger partial charge < -0.3 is 9.64 Å². The first-order valence-electron chi connectivity index (χ1n) is 8.35. The highest BCUT2D eigenvalue weighted by Gasteiger charge is 2.30. The van der Waals surface area contributed by atoms with Gasteiger partial charge in [0.25, 0.3) is 0 Å². The van der Waals surface area contributed by atoms with Gasteiger partial charge in [0.15, 0.2) is 0 Å². The number of hydrogen-bond donors (Lipinski definition) is 0. The van der Waals surface area contributed by atoms with Gasteiger partial charge in [-0.05, 0) is 63.5 Å². The van der Waals surface area contributed by atoms with Gasteiger partial charge in [0.05, 0.1) is 5.56 Å². The maximum absolute atomic E-state index is 12.6. The average Bonchev–Trinajstić information content (AvgIpc) is 2.51.